The van der Waals surface area contributed by atoms with Gasteiger partial charge in [0, 0.05) is 43.2 Å². The number of nitrogens with one attached hydrogen (secondary N) is 2. The zero-order chi connectivity index (χ0) is 23.9. The Morgan fingerprint density at radius 3 is 2.59 bits per heavy atom. The van der Waals surface area contributed by atoms with Gasteiger partial charge in [0.2, 0.25) is 11.8 Å². The van der Waals surface area contributed by atoms with Crippen molar-refractivity contribution in [3.63, 3.8) is 0 Å². The number of aromatic nitrogens is 1. The fourth-order valence-corrected chi connectivity index (χ4v) is 4.51. The Kier molecular flexibility index (Phi) is 8.25. The molecule has 0 unspecified atom stereocenters. The van der Waals surface area contributed by atoms with E-state index in [4.69, 9.17) is 4.74 Å². The number of benzene rings is 1. The molecule has 34 heavy (non-hydrogen) atoms. The molecule has 3 amide bonds. The molecule has 1 aromatic heterocycles. The Bertz CT molecular complexity index is 999. The number of carbonyl (C=O) groups excluding carboxylic acids is 3. The second kappa shape index (κ2) is 11.5. The Labute approximate surface area is 203 Å². The highest BCUT2D eigenvalue weighted by Gasteiger charge is 2.34. The molecule has 2 N–H and O–H groups in total. The number of hydrogen-bond donors (Lipinski definition) is 2. The largest absolute Gasteiger partial charge is 0.379 e. The molecule has 0 atom stereocenters. The maximum Gasteiger partial charge on any atom is 0.254 e. The Hall–Kier alpha value is -2.82. The lowest BCUT2D eigenvalue weighted by Gasteiger charge is -2.26. The average Bonchev–Trinajstić information content (AvgIpc) is 3.58. The van der Waals surface area contributed by atoms with Crippen molar-refractivity contribution >= 4 is 34.2 Å². The number of nitrogens with zero attached hydrogens (tertiary/aromatic N) is 3. The third-order valence-electron chi connectivity index (χ3n) is 5.85. The molecule has 4 rings (SSSR count). The molecule has 9 nitrogen and oxygen atoms in total. The molecule has 2 aromatic rings. The Morgan fingerprint density at radius 1 is 1.15 bits per heavy atom. The van der Waals surface area contributed by atoms with Gasteiger partial charge >= 0.3 is 0 Å². The second-order valence-corrected chi connectivity index (χ2v) is 9.56. The van der Waals surface area contributed by atoms with E-state index in [9.17, 15) is 14.4 Å². The molecule has 2 fully saturated rings. The van der Waals surface area contributed by atoms with Crippen molar-refractivity contribution in [1.82, 2.24) is 20.1 Å². The van der Waals surface area contributed by atoms with Gasteiger partial charge in [-0.15, -0.1) is 11.3 Å². The van der Waals surface area contributed by atoms with Gasteiger partial charge < -0.3 is 20.3 Å². The predicted molar refractivity (Wildman–Crippen MR) is 130 cm³/mol. The smallest absolute Gasteiger partial charge is 0.254 e. The molecule has 0 spiro atoms. The lowest BCUT2D eigenvalue weighted by atomic mass is 10.1. The van der Waals surface area contributed by atoms with E-state index in [2.05, 4.69) is 20.5 Å². The van der Waals surface area contributed by atoms with Crippen LogP contribution >= 0.6 is 11.3 Å². The van der Waals surface area contributed by atoms with Crippen LogP contribution in [0.5, 0.6) is 0 Å². The van der Waals surface area contributed by atoms with Gasteiger partial charge in [0.1, 0.15) is 6.54 Å². The third-order valence-corrected chi connectivity index (χ3v) is 6.66. The molecule has 2 aliphatic rings. The van der Waals surface area contributed by atoms with Gasteiger partial charge in [0.15, 0.2) is 5.13 Å². The van der Waals surface area contributed by atoms with Crippen LogP contribution in [0.2, 0.25) is 0 Å². The molecule has 1 saturated heterocycles. The molecular weight excluding hydrogens is 454 g/mol. The summed E-state index contributed by atoms with van der Waals surface area (Å²) >= 11 is 1.28. The third kappa shape index (κ3) is 7.09. The second-order valence-electron chi connectivity index (χ2n) is 8.70. The highest BCUT2D eigenvalue weighted by atomic mass is 32.1. The highest BCUT2D eigenvalue weighted by Crippen LogP contribution is 2.28. The molecule has 182 valence electrons. The summed E-state index contributed by atoms with van der Waals surface area (Å²) in [6.45, 7) is 6.58. The number of hydrogen-bond acceptors (Lipinski definition) is 7. The van der Waals surface area contributed by atoms with E-state index in [1.807, 2.05) is 19.1 Å². The summed E-state index contributed by atoms with van der Waals surface area (Å²) in [6, 6.07) is 7.49. The van der Waals surface area contributed by atoms with Crippen molar-refractivity contribution in [3.05, 3.63) is 46.5 Å². The average molecular weight is 486 g/mol. The SMILES string of the molecule is Cc1ccc(C(=O)N(CC(=O)Nc2nc(CC(=O)NCCN3CCOCC3)cs2)C2CC2)cc1. The number of thiazole rings is 1. The summed E-state index contributed by atoms with van der Waals surface area (Å²) < 4.78 is 5.32. The van der Waals surface area contributed by atoms with Crippen molar-refractivity contribution in [1.29, 1.82) is 0 Å². The van der Waals surface area contributed by atoms with Crippen LogP contribution in [0, 0.1) is 6.92 Å². The van der Waals surface area contributed by atoms with E-state index in [0.29, 0.717) is 22.9 Å². The molecule has 0 radical (unpaired) electrons. The first-order valence-electron chi connectivity index (χ1n) is 11.7. The Balaban J connectivity index is 1.23. The highest BCUT2D eigenvalue weighted by molar-refractivity contribution is 7.13. The standard InChI is InChI=1S/C24H31N5O4S/c1-17-2-4-18(5-3-17)23(32)29(20-6-7-20)15-22(31)27-24-26-19(16-34-24)14-21(30)25-8-9-28-10-12-33-13-11-28/h2-5,16,20H,6-15H2,1H3,(H,25,30)(H,26,27,31). The summed E-state index contributed by atoms with van der Waals surface area (Å²) in [6.07, 6.45) is 1.98. The summed E-state index contributed by atoms with van der Waals surface area (Å²) in [7, 11) is 0. The fraction of sp³-hybridized carbons (Fsp3) is 0.500. The van der Waals surface area contributed by atoms with E-state index in [1.54, 1.807) is 22.4 Å². The molecule has 1 saturated carbocycles. The fourth-order valence-electron chi connectivity index (χ4n) is 3.78. The summed E-state index contributed by atoms with van der Waals surface area (Å²) in [4.78, 5) is 46.0. The van der Waals surface area contributed by atoms with Crippen LogP contribution < -0.4 is 10.6 Å². The van der Waals surface area contributed by atoms with E-state index in [1.165, 1.54) is 11.3 Å². The van der Waals surface area contributed by atoms with Crippen molar-refractivity contribution in [2.24, 2.45) is 0 Å². The minimum Gasteiger partial charge on any atom is -0.379 e. The number of ether oxygens (including phenoxy) is 1. The lowest BCUT2D eigenvalue weighted by molar-refractivity contribution is -0.120. The van der Waals surface area contributed by atoms with Gasteiger partial charge in [-0.3, -0.25) is 19.3 Å². The first kappa shape index (κ1) is 24.3. The summed E-state index contributed by atoms with van der Waals surface area (Å²) in [5.41, 5.74) is 2.28. The predicted octanol–water partition coefficient (Wildman–Crippen LogP) is 1.69. The number of morpholine rings is 1. The number of anilines is 1. The maximum atomic E-state index is 12.9. The molecular formula is C24H31N5O4S. The van der Waals surface area contributed by atoms with Crippen LogP contribution in [-0.4, -0.2) is 84.5 Å². The van der Waals surface area contributed by atoms with Crippen LogP contribution in [0.3, 0.4) is 0 Å². The normalized spacial score (nSPS) is 16.1. The quantitative estimate of drug-likeness (QED) is 0.531. The first-order valence-corrected chi connectivity index (χ1v) is 12.5. The van der Waals surface area contributed by atoms with Crippen molar-refractivity contribution in [3.8, 4) is 0 Å². The zero-order valence-electron chi connectivity index (χ0n) is 19.4. The topological polar surface area (TPSA) is 104 Å². The van der Waals surface area contributed by atoms with Crippen molar-refractivity contribution < 1.29 is 19.1 Å². The van der Waals surface area contributed by atoms with Gasteiger partial charge in [-0.25, -0.2) is 4.98 Å². The lowest BCUT2D eigenvalue weighted by Crippen LogP contribution is -2.41. The van der Waals surface area contributed by atoms with Gasteiger partial charge in [-0.1, -0.05) is 17.7 Å². The minimum atomic E-state index is -0.289. The van der Waals surface area contributed by atoms with E-state index in [0.717, 1.165) is 51.3 Å². The van der Waals surface area contributed by atoms with Crippen LogP contribution in [0.4, 0.5) is 5.13 Å². The van der Waals surface area contributed by atoms with E-state index < -0.39 is 0 Å². The molecule has 10 heteroatoms. The molecule has 1 aromatic carbocycles. The van der Waals surface area contributed by atoms with Crippen LogP contribution in [0.25, 0.3) is 0 Å². The van der Waals surface area contributed by atoms with Gasteiger partial charge in [-0.05, 0) is 31.9 Å². The molecule has 2 heterocycles. The van der Waals surface area contributed by atoms with E-state index in [-0.39, 0.29) is 36.7 Å². The van der Waals surface area contributed by atoms with Crippen LogP contribution in [0.1, 0.15) is 34.5 Å². The van der Waals surface area contributed by atoms with Gasteiger partial charge in [0.05, 0.1) is 25.3 Å². The summed E-state index contributed by atoms with van der Waals surface area (Å²) in [5, 5.41) is 7.89. The Morgan fingerprint density at radius 2 is 1.88 bits per heavy atom. The van der Waals surface area contributed by atoms with Gasteiger partial charge in [-0.2, -0.15) is 0 Å². The maximum absolute atomic E-state index is 12.9. The molecule has 0 bridgehead atoms. The zero-order valence-corrected chi connectivity index (χ0v) is 20.2. The van der Waals surface area contributed by atoms with E-state index >= 15 is 0 Å². The van der Waals surface area contributed by atoms with Crippen LogP contribution in [-0.2, 0) is 20.7 Å². The summed E-state index contributed by atoms with van der Waals surface area (Å²) in [5.74, 6) is -0.519. The molecule has 1 aliphatic heterocycles. The number of aryl methyl sites for hydroxylation is 1. The first-order chi connectivity index (χ1) is 16.5. The monoisotopic (exact) mass is 485 g/mol. The van der Waals surface area contributed by atoms with Gasteiger partial charge in [0.25, 0.3) is 5.91 Å². The number of carbonyl (C=O) groups is 3. The van der Waals surface area contributed by atoms with Crippen molar-refractivity contribution in [2.45, 2.75) is 32.2 Å². The number of amides is 3. The van der Waals surface area contributed by atoms with Crippen molar-refractivity contribution in [2.75, 3.05) is 51.3 Å². The number of rotatable bonds is 10. The van der Waals surface area contributed by atoms with Crippen LogP contribution in [0.15, 0.2) is 29.6 Å². The molecule has 1 aliphatic carbocycles. The minimum absolute atomic E-state index is 0.0195.